The highest BCUT2D eigenvalue weighted by Crippen LogP contribution is 2.34. The Morgan fingerprint density at radius 2 is 1.29 bits per heavy atom. The zero-order chi connectivity index (χ0) is 56.6. The van der Waals surface area contributed by atoms with E-state index in [2.05, 4.69) is 45.3 Å². The zero-order valence-electron chi connectivity index (χ0n) is 45.6. The largest absolute Gasteiger partial charge is 0.494 e. The first kappa shape index (κ1) is 56.2. The first-order chi connectivity index (χ1) is 38.7. The minimum Gasteiger partial charge on any atom is -0.494 e. The smallest absolute Gasteiger partial charge is 0.276 e. The number of carbonyl (C=O) groups is 5. The summed E-state index contributed by atoms with van der Waals surface area (Å²) in [5, 5.41) is 23.9. The van der Waals surface area contributed by atoms with Crippen LogP contribution in [-0.2, 0) is 53.6 Å². The minimum absolute atomic E-state index is 0.00508. The molecule has 7 heterocycles. The van der Waals surface area contributed by atoms with Crippen molar-refractivity contribution in [3.63, 3.8) is 0 Å². The molecule has 0 atom stereocenters. The molecule has 0 saturated carbocycles. The average Bonchev–Trinajstić information content (AvgIpc) is 4.29. The Hall–Kier alpha value is -8.53. The monoisotopic (exact) mass is 1100 g/mol. The topological polar surface area (TPSA) is 333 Å². The molecule has 5 aromatic heterocycles. The molecule has 1 fully saturated rings. The lowest BCUT2D eigenvalue weighted by atomic mass is 9.95. The van der Waals surface area contributed by atoms with Crippen molar-refractivity contribution >= 4 is 63.5 Å². The van der Waals surface area contributed by atoms with Crippen LogP contribution in [0.1, 0.15) is 110 Å². The Bertz CT molecular complexity index is 3450. The van der Waals surface area contributed by atoms with Crippen molar-refractivity contribution in [2.24, 2.45) is 17.4 Å². The van der Waals surface area contributed by atoms with Crippen LogP contribution in [0.2, 0.25) is 0 Å². The number of anilines is 2. The summed E-state index contributed by atoms with van der Waals surface area (Å²) in [6.07, 6.45) is 6.43. The lowest BCUT2D eigenvalue weighted by Crippen LogP contribution is -2.40. The number of imidazole rings is 2. The second kappa shape index (κ2) is 25.1. The zero-order valence-corrected chi connectivity index (χ0v) is 45.6. The summed E-state index contributed by atoms with van der Waals surface area (Å²) < 4.78 is 26.6. The number of likely N-dealkylation sites (tertiary alicyclic amines) is 1. The van der Waals surface area contributed by atoms with E-state index in [1.807, 2.05) is 26.0 Å². The van der Waals surface area contributed by atoms with Gasteiger partial charge in [0.1, 0.15) is 39.7 Å². The van der Waals surface area contributed by atoms with Crippen LogP contribution in [0, 0.1) is 13.8 Å². The number of primary amides is 2. The molecule has 424 valence electrons. The van der Waals surface area contributed by atoms with E-state index < -0.39 is 23.6 Å². The minimum atomic E-state index is -0.680. The molecule has 27 heteroatoms. The van der Waals surface area contributed by atoms with E-state index in [4.69, 9.17) is 41.5 Å². The first-order valence-electron chi connectivity index (χ1n) is 26.7. The van der Waals surface area contributed by atoms with Crippen LogP contribution in [-0.4, -0.2) is 152 Å². The van der Waals surface area contributed by atoms with Crippen LogP contribution in [0.5, 0.6) is 11.5 Å². The van der Waals surface area contributed by atoms with Gasteiger partial charge in [-0.15, -0.1) is 10.2 Å². The summed E-state index contributed by atoms with van der Waals surface area (Å²) in [5.41, 5.74) is 15.6. The molecule has 0 unspecified atom stereocenters. The Balaban J connectivity index is 0.925. The number of hydrogen-bond donors (Lipinski definition) is 5. The van der Waals surface area contributed by atoms with Crippen molar-refractivity contribution in [2.45, 2.75) is 98.6 Å². The van der Waals surface area contributed by atoms with Crippen LogP contribution in [0.25, 0.3) is 22.1 Å². The van der Waals surface area contributed by atoms with Gasteiger partial charge in [-0.05, 0) is 96.4 Å². The van der Waals surface area contributed by atoms with Gasteiger partial charge in [-0.3, -0.25) is 44.0 Å². The number of ether oxygens (including phenoxy) is 3. The van der Waals surface area contributed by atoms with Crippen molar-refractivity contribution < 1.29 is 43.0 Å². The Kier molecular flexibility index (Phi) is 17.6. The molecule has 2 aliphatic rings. The SMILES string of the molecule is CCn1nc(C)cc1C(=O)Nc1nc2cc(C(N)=O)cc(OC)c2n1C/C=C/Cn1c(NC(=O)c2cc(C)nn2CC)nc2cc(C(N)=O)cc(OCCCN3CCC(c4nnc5n4CCN(C(=O)CCOCCON)C5)CC3)c21. The van der Waals surface area contributed by atoms with Crippen molar-refractivity contribution in [3.8, 4) is 11.5 Å². The van der Waals surface area contributed by atoms with E-state index in [-0.39, 0.29) is 67.6 Å². The van der Waals surface area contributed by atoms with Crippen LogP contribution < -0.4 is 37.5 Å². The quantitative estimate of drug-likeness (QED) is 0.0311. The summed E-state index contributed by atoms with van der Waals surface area (Å²) >= 11 is 0. The predicted octanol–water partition coefficient (Wildman–Crippen LogP) is 3.28. The molecule has 9 rings (SSSR count). The summed E-state index contributed by atoms with van der Waals surface area (Å²) in [5.74, 6) is 5.77. The molecule has 2 aromatic carbocycles. The van der Waals surface area contributed by atoms with Crippen LogP contribution in [0.3, 0.4) is 0 Å². The van der Waals surface area contributed by atoms with Crippen molar-refractivity contribution in [3.05, 3.63) is 94.1 Å². The number of nitrogens with one attached hydrogen (secondary N) is 2. The molecule has 0 aliphatic carbocycles. The van der Waals surface area contributed by atoms with Gasteiger partial charge in [0.15, 0.2) is 5.82 Å². The number of amides is 5. The molecule has 7 aromatic rings. The molecule has 27 nitrogen and oxygen atoms in total. The third kappa shape index (κ3) is 12.3. The average molecular weight is 1100 g/mol. The van der Waals surface area contributed by atoms with Gasteiger partial charge in [-0.25, -0.2) is 15.9 Å². The third-order valence-corrected chi connectivity index (χ3v) is 14.2. The fourth-order valence-electron chi connectivity index (χ4n) is 10.3. The number of piperidine rings is 1. The van der Waals surface area contributed by atoms with E-state index >= 15 is 0 Å². The highest BCUT2D eigenvalue weighted by molar-refractivity contribution is 6.05. The van der Waals surface area contributed by atoms with E-state index in [1.54, 1.807) is 61.5 Å². The van der Waals surface area contributed by atoms with E-state index in [9.17, 15) is 24.0 Å². The summed E-state index contributed by atoms with van der Waals surface area (Å²) in [6.45, 7) is 13.8. The molecule has 8 N–H and O–H groups in total. The Morgan fingerprint density at radius 3 is 1.84 bits per heavy atom. The van der Waals surface area contributed by atoms with E-state index in [0.717, 1.165) is 44.1 Å². The summed E-state index contributed by atoms with van der Waals surface area (Å²) in [6, 6.07) is 9.59. The molecule has 80 heavy (non-hydrogen) atoms. The van der Waals surface area contributed by atoms with Crippen molar-refractivity contribution in [2.75, 3.05) is 70.3 Å². The predicted molar refractivity (Wildman–Crippen MR) is 293 cm³/mol. The number of nitrogens with zero attached hydrogens (tertiary/aromatic N) is 13. The number of benzene rings is 2. The fourth-order valence-corrected chi connectivity index (χ4v) is 10.3. The van der Waals surface area contributed by atoms with Crippen molar-refractivity contribution in [1.82, 2.24) is 63.2 Å². The second-order valence-electron chi connectivity index (χ2n) is 19.6. The second-order valence-corrected chi connectivity index (χ2v) is 19.6. The molecule has 2 aliphatic heterocycles. The van der Waals surface area contributed by atoms with Gasteiger partial charge in [0.2, 0.25) is 29.6 Å². The first-order valence-corrected chi connectivity index (χ1v) is 26.7. The number of aryl methyl sites for hydroxylation is 4. The number of aromatic nitrogens is 11. The van der Waals surface area contributed by atoms with Crippen LogP contribution in [0.15, 0.2) is 48.6 Å². The molecular formula is C53H68N18O9. The summed E-state index contributed by atoms with van der Waals surface area (Å²) in [4.78, 5) is 84.1. The van der Waals surface area contributed by atoms with E-state index in [1.165, 1.54) is 19.2 Å². The number of allylic oxidation sites excluding steroid dienone is 2. The van der Waals surface area contributed by atoms with Gasteiger partial charge in [0.25, 0.3) is 11.8 Å². The number of nitrogens with two attached hydrogens (primary N) is 3. The number of hydrogen-bond acceptors (Lipinski definition) is 17. The maximum absolute atomic E-state index is 14.0. The van der Waals surface area contributed by atoms with Crippen molar-refractivity contribution in [1.29, 1.82) is 0 Å². The van der Waals surface area contributed by atoms with Crippen LogP contribution in [0.4, 0.5) is 11.9 Å². The van der Waals surface area contributed by atoms with Crippen LogP contribution >= 0.6 is 0 Å². The fraction of sp³-hybridized carbons (Fsp3) is 0.453. The van der Waals surface area contributed by atoms with Gasteiger partial charge in [0, 0.05) is 62.9 Å². The highest BCUT2D eigenvalue weighted by Gasteiger charge is 2.31. The maximum atomic E-state index is 14.0. The molecular weight excluding hydrogens is 1030 g/mol. The third-order valence-electron chi connectivity index (χ3n) is 14.2. The number of fused-ring (bicyclic) bond motifs is 3. The Morgan fingerprint density at radius 1 is 0.713 bits per heavy atom. The highest BCUT2D eigenvalue weighted by atomic mass is 16.6. The molecule has 0 radical (unpaired) electrons. The standard InChI is InChI=1S/C53H68N18O9/c1-6-70-39(25-32(3)63-70)50(75)59-52-57-37-27-35(47(54)73)29-41(77-5)45(37)68(52)15-8-9-16-69-46-38(58-53(69)60-51(76)40-26-33(4)64-71(40)7-2)28-36(48(55)74)30-42(46)79-21-10-14-65-17-11-34(12-18-65)49-62-61-43-31-66(19-20-67(43)49)44(72)13-22-78-23-24-80-56/h8-9,25-30,34H,6-7,10-24,31,56H2,1-5H3,(H2,54,73)(H2,55,74)(H,57,59,75)(H,58,60,76)/b9-8+. The van der Waals surface area contributed by atoms with Gasteiger partial charge < -0.3 is 54.0 Å². The molecule has 5 amide bonds. The van der Waals surface area contributed by atoms with Gasteiger partial charge in [-0.1, -0.05) is 12.2 Å². The van der Waals surface area contributed by atoms with Gasteiger partial charge >= 0.3 is 0 Å². The Labute approximate surface area is 460 Å². The lowest BCUT2D eigenvalue weighted by molar-refractivity contribution is -0.134. The number of methoxy groups -OCH3 is 1. The maximum Gasteiger partial charge on any atom is 0.276 e. The molecule has 0 bridgehead atoms. The number of rotatable bonds is 25. The summed E-state index contributed by atoms with van der Waals surface area (Å²) in [7, 11) is 1.46. The molecule has 0 spiro atoms. The normalized spacial score (nSPS) is 14.1. The van der Waals surface area contributed by atoms with Gasteiger partial charge in [0.05, 0.1) is 68.9 Å². The molecule has 1 saturated heterocycles. The van der Waals surface area contributed by atoms with E-state index in [0.29, 0.717) is 109 Å². The van der Waals surface area contributed by atoms with Gasteiger partial charge in [-0.2, -0.15) is 10.2 Å². The number of carbonyl (C=O) groups excluding carboxylic acids is 5. The lowest BCUT2D eigenvalue weighted by Gasteiger charge is -2.33.